The van der Waals surface area contributed by atoms with Crippen molar-refractivity contribution in [2.75, 3.05) is 14.2 Å². The highest BCUT2D eigenvalue weighted by Gasteiger charge is 2.28. The van der Waals surface area contributed by atoms with Crippen LogP contribution in [0.25, 0.3) is 21.5 Å². The quantitative estimate of drug-likeness (QED) is 0.678. The first kappa shape index (κ1) is 18.6. The van der Waals surface area contributed by atoms with Crippen LogP contribution in [0.2, 0.25) is 0 Å². The van der Waals surface area contributed by atoms with Crippen molar-refractivity contribution in [3.05, 3.63) is 43.2 Å². The highest BCUT2D eigenvalue weighted by Crippen LogP contribution is 2.44. The fraction of sp³-hybridized carbons (Fsp3) is 0.300. The van der Waals surface area contributed by atoms with Crippen LogP contribution in [0.15, 0.2) is 25.7 Å². The summed E-state index contributed by atoms with van der Waals surface area (Å²) in [6, 6.07) is 0. The third kappa shape index (κ3) is 2.58. The second-order valence-electron chi connectivity index (χ2n) is 6.53. The van der Waals surface area contributed by atoms with E-state index in [0.29, 0.717) is 22.9 Å². The molecule has 0 saturated heterocycles. The largest absolute Gasteiger partial charge is 0.492 e. The number of allylic oxidation sites excluding steroid dienone is 2. The molecule has 1 aromatic heterocycles. The Morgan fingerprint density at radius 2 is 1.48 bits per heavy atom. The summed E-state index contributed by atoms with van der Waals surface area (Å²) >= 11 is 0. The SMILES string of the molecule is COc1c(OC)c2c(C)c(CC=C(C)C)c(=O)c3c(O)oc(O)c(c1=O)c23. The van der Waals surface area contributed by atoms with Crippen LogP contribution >= 0.6 is 0 Å². The third-order valence-corrected chi connectivity index (χ3v) is 4.69. The molecule has 0 amide bonds. The summed E-state index contributed by atoms with van der Waals surface area (Å²) in [5.74, 6) is -1.51. The van der Waals surface area contributed by atoms with Crippen LogP contribution < -0.4 is 20.3 Å². The minimum Gasteiger partial charge on any atom is -0.492 e. The fourth-order valence-corrected chi connectivity index (χ4v) is 3.41. The topological polar surface area (TPSA) is 106 Å². The van der Waals surface area contributed by atoms with Crippen molar-refractivity contribution in [3.8, 4) is 23.4 Å². The molecule has 0 aliphatic heterocycles. The molecule has 0 bridgehead atoms. The zero-order valence-corrected chi connectivity index (χ0v) is 15.7. The molecule has 142 valence electrons. The number of rotatable bonds is 4. The third-order valence-electron chi connectivity index (χ3n) is 4.69. The predicted octanol–water partition coefficient (Wildman–Crippen LogP) is 2.99. The highest BCUT2D eigenvalue weighted by atomic mass is 16.5. The first-order valence-electron chi connectivity index (χ1n) is 8.29. The maximum atomic E-state index is 13.1. The summed E-state index contributed by atoms with van der Waals surface area (Å²) in [6.07, 6.45) is 2.22. The van der Waals surface area contributed by atoms with Gasteiger partial charge in [-0.15, -0.1) is 0 Å². The Morgan fingerprint density at radius 1 is 0.926 bits per heavy atom. The second kappa shape index (κ2) is 6.50. The fourth-order valence-electron chi connectivity index (χ4n) is 3.41. The molecule has 3 rings (SSSR count). The van der Waals surface area contributed by atoms with Crippen molar-refractivity contribution >= 4 is 21.5 Å². The molecule has 0 unspecified atom stereocenters. The van der Waals surface area contributed by atoms with E-state index in [0.717, 1.165) is 5.57 Å². The van der Waals surface area contributed by atoms with Crippen LogP contribution in [0.1, 0.15) is 25.0 Å². The number of aromatic hydroxyl groups is 2. The molecule has 0 radical (unpaired) electrons. The summed E-state index contributed by atoms with van der Waals surface area (Å²) in [4.78, 5) is 25.8. The molecule has 0 fully saturated rings. The zero-order valence-electron chi connectivity index (χ0n) is 15.7. The first-order chi connectivity index (χ1) is 12.7. The maximum absolute atomic E-state index is 13.1. The van der Waals surface area contributed by atoms with E-state index in [1.807, 2.05) is 19.9 Å². The molecule has 7 nitrogen and oxygen atoms in total. The van der Waals surface area contributed by atoms with Gasteiger partial charge in [0.1, 0.15) is 10.8 Å². The monoisotopic (exact) mass is 372 g/mol. The van der Waals surface area contributed by atoms with E-state index in [4.69, 9.17) is 13.9 Å². The predicted molar refractivity (Wildman–Crippen MR) is 102 cm³/mol. The van der Waals surface area contributed by atoms with Gasteiger partial charge in [0.2, 0.25) is 11.2 Å². The number of aryl methyl sites for hydroxylation is 1. The van der Waals surface area contributed by atoms with E-state index in [1.54, 1.807) is 6.92 Å². The van der Waals surface area contributed by atoms with Crippen LogP contribution in [0.3, 0.4) is 0 Å². The lowest BCUT2D eigenvalue weighted by Crippen LogP contribution is -2.16. The Labute approximate surface area is 154 Å². The molecule has 0 atom stereocenters. The van der Waals surface area contributed by atoms with Gasteiger partial charge in [0, 0.05) is 16.3 Å². The summed E-state index contributed by atoms with van der Waals surface area (Å²) < 4.78 is 15.5. The van der Waals surface area contributed by atoms with Crippen LogP contribution in [0.5, 0.6) is 23.4 Å². The normalized spacial score (nSPS) is 11.1. The molecule has 0 aliphatic carbocycles. The molecular formula is C20H20O7. The van der Waals surface area contributed by atoms with Crippen molar-refractivity contribution in [2.45, 2.75) is 27.2 Å². The average Bonchev–Trinajstić information content (AvgIpc) is 2.59. The molecule has 7 heteroatoms. The van der Waals surface area contributed by atoms with E-state index in [9.17, 15) is 19.8 Å². The van der Waals surface area contributed by atoms with Gasteiger partial charge in [0.15, 0.2) is 11.2 Å². The van der Waals surface area contributed by atoms with Gasteiger partial charge in [0.05, 0.1) is 14.2 Å². The minimum absolute atomic E-state index is 0.0994. The van der Waals surface area contributed by atoms with E-state index in [2.05, 4.69) is 0 Å². The summed E-state index contributed by atoms with van der Waals surface area (Å²) in [5.41, 5.74) is 0.882. The van der Waals surface area contributed by atoms with Crippen molar-refractivity contribution in [1.29, 1.82) is 0 Å². The molecule has 0 aliphatic rings. The molecule has 0 saturated carbocycles. The van der Waals surface area contributed by atoms with Gasteiger partial charge in [-0.25, -0.2) is 0 Å². The van der Waals surface area contributed by atoms with Crippen LogP contribution in [0.4, 0.5) is 0 Å². The van der Waals surface area contributed by atoms with Crippen molar-refractivity contribution < 1.29 is 24.1 Å². The molecule has 27 heavy (non-hydrogen) atoms. The zero-order chi connectivity index (χ0) is 20.0. The summed E-state index contributed by atoms with van der Waals surface area (Å²) in [7, 11) is 2.69. The van der Waals surface area contributed by atoms with Crippen molar-refractivity contribution in [3.63, 3.8) is 0 Å². The average molecular weight is 372 g/mol. The van der Waals surface area contributed by atoms with Gasteiger partial charge in [-0.1, -0.05) is 11.6 Å². The summed E-state index contributed by atoms with van der Waals surface area (Å²) in [5, 5.41) is 20.5. The van der Waals surface area contributed by atoms with E-state index in [-0.39, 0.29) is 27.7 Å². The lowest BCUT2D eigenvalue weighted by molar-refractivity contribution is 0.261. The van der Waals surface area contributed by atoms with Gasteiger partial charge >= 0.3 is 0 Å². The summed E-state index contributed by atoms with van der Waals surface area (Å²) in [6.45, 7) is 5.56. The molecule has 3 aromatic rings. The van der Waals surface area contributed by atoms with Crippen molar-refractivity contribution in [1.82, 2.24) is 0 Å². The Balaban J connectivity index is 2.72. The Kier molecular flexibility index (Phi) is 4.47. The van der Waals surface area contributed by atoms with Crippen LogP contribution in [0, 0.1) is 6.92 Å². The number of hydrogen-bond donors (Lipinski definition) is 2. The Hall–Kier alpha value is -3.22. The van der Waals surface area contributed by atoms with E-state index >= 15 is 0 Å². The lowest BCUT2D eigenvalue weighted by atomic mass is 9.91. The Morgan fingerprint density at radius 3 is 2.00 bits per heavy atom. The second-order valence-corrected chi connectivity index (χ2v) is 6.53. The highest BCUT2D eigenvalue weighted by molar-refractivity contribution is 6.17. The van der Waals surface area contributed by atoms with Gasteiger partial charge < -0.3 is 24.1 Å². The first-order valence-corrected chi connectivity index (χ1v) is 8.29. The van der Waals surface area contributed by atoms with E-state index < -0.39 is 22.8 Å². The molecular weight excluding hydrogens is 352 g/mol. The molecule has 2 aromatic carbocycles. The van der Waals surface area contributed by atoms with Crippen LogP contribution in [-0.4, -0.2) is 24.4 Å². The number of ether oxygens (including phenoxy) is 2. The standard InChI is InChI=1S/C20H20O7/c1-8(2)6-7-10-9(3)11-12-13(15(10)21)19(23)27-20(24)14(12)16(22)18(26-5)17(11)25-4/h6,23-24H,7H2,1-5H3. The smallest absolute Gasteiger partial charge is 0.297 e. The van der Waals surface area contributed by atoms with Crippen LogP contribution in [-0.2, 0) is 6.42 Å². The number of hydrogen-bond acceptors (Lipinski definition) is 7. The maximum Gasteiger partial charge on any atom is 0.297 e. The molecule has 1 heterocycles. The minimum atomic E-state index is -0.785. The number of methoxy groups -OCH3 is 2. The van der Waals surface area contributed by atoms with Gasteiger partial charge in [-0.05, 0) is 32.8 Å². The van der Waals surface area contributed by atoms with E-state index in [1.165, 1.54) is 14.2 Å². The number of benzene rings is 2. The molecule has 0 spiro atoms. The molecule has 2 N–H and O–H groups in total. The van der Waals surface area contributed by atoms with Crippen molar-refractivity contribution in [2.24, 2.45) is 0 Å². The lowest BCUT2D eigenvalue weighted by Gasteiger charge is -2.17. The Bertz CT molecular complexity index is 1200. The van der Waals surface area contributed by atoms with Gasteiger partial charge in [-0.2, -0.15) is 0 Å². The van der Waals surface area contributed by atoms with Gasteiger partial charge in [-0.3, -0.25) is 9.59 Å². The van der Waals surface area contributed by atoms with Gasteiger partial charge in [0.25, 0.3) is 11.9 Å².